The molecule has 10 heavy (non-hydrogen) atoms. The van der Waals surface area contributed by atoms with Crippen LogP contribution in [0.4, 0.5) is 0 Å². The first-order valence-electron chi connectivity index (χ1n) is 3.43. The molecule has 0 amide bonds. The summed E-state index contributed by atoms with van der Waals surface area (Å²) in [4.78, 5) is 0. The van der Waals surface area contributed by atoms with Gasteiger partial charge >= 0.3 is 0 Å². The Balaban J connectivity index is 2.28. The quantitative estimate of drug-likeness (QED) is 0.613. The van der Waals surface area contributed by atoms with Crippen molar-refractivity contribution in [3.8, 4) is 0 Å². The molecule has 55 valence electrons. The SMILES string of the molecule is CC(C)CCn1[c]nnn1. The maximum absolute atomic E-state index is 3.69. The average Bonchev–Trinajstić information content (AvgIpc) is 2.34. The smallest absolute Gasteiger partial charge is 0.221 e. The van der Waals surface area contributed by atoms with E-state index in [0.717, 1.165) is 13.0 Å². The lowest BCUT2D eigenvalue weighted by Gasteiger charge is -2.01. The molecule has 0 aliphatic carbocycles. The summed E-state index contributed by atoms with van der Waals surface area (Å²) in [6, 6.07) is 0. The number of aryl methyl sites for hydroxylation is 1. The maximum Gasteiger partial charge on any atom is 0.221 e. The van der Waals surface area contributed by atoms with Crippen molar-refractivity contribution >= 4 is 0 Å². The van der Waals surface area contributed by atoms with E-state index in [1.807, 2.05) is 0 Å². The van der Waals surface area contributed by atoms with Gasteiger partial charge in [-0.1, -0.05) is 13.8 Å². The van der Waals surface area contributed by atoms with Crippen LogP contribution in [0.2, 0.25) is 0 Å². The summed E-state index contributed by atoms with van der Waals surface area (Å²) in [6.45, 7) is 5.21. The van der Waals surface area contributed by atoms with E-state index >= 15 is 0 Å². The summed E-state index contributed by atoms with van der Waals surface area (Å²) < 4.78 is 1.62. The third-order valence-electron chi connectivity index (χ3n) is 1.27. The molecule has 0 aliphatic heterocycles. The second-order valence-electron chi connectivity index (χ2n) is 2.68. The Hall–Kier alpha value is -0.930. The number of nitrogens with zero attached hydrogens (tertiary/aromatic N) is 4. The topological polar surface area (TPSA) is 43.6 Å². The minimum atomic E-state index is 0.692. The van der Waals surface area contributed by atoms with Gasteiger partial charge in [0.2, 0.25) is 6.33 Å². The number of hydrogen-bond acceptors (Lipinski definition) is 3. The number of tetrazole rings is 1. The maximum atomic E-state index is 3.69. The van der Waals surface area contributed by atoms with Gasteiger partial charge in [0.1, 0.15) is 0 Å². The zero-order chi connectivity index (χ0) is 7.40. The second-order valence-corrected chi connectivity index (χ2v) is 2.68. The summed E-state index contributed by atoms with van der Waals surface area (Å²) >= 11 is 0. The van der Waals surface area contributed by atoms with E-state index in [4.69, 9.17) is 0 Å². The Morgan fingerprint density at radius 2 is 2.30 bits per heavy atom. The van der Waals surface area contributed by atoms with Crippen molar-refractivity contribution in [2.24, 2.45) is 5.92 Å². The molecule has 0 unspecified atom stereocenters. The van der Waals surface area contributed by atoms with Crippen LogP contribution in [0, 0.1) is 12.2 Å². The monoisotopic (exact) mass is 139 g/mol. The molecule has 0 atom stereocenters. The lowest BCUT2D eigenvalue weighted by atomic mass is 10.1. The molecule has 1 aromatic rings. The first kappa shape index (κ1) is 7.18. The molecule has 0 saturated heterocycles. The molecule has 0 saturated carbocycles. The first-order valence-corrected chi connectivity index (χ1v) is 3.43. The Bertz CT molecular complexity index is 168. The van der Waals surface area contributed by atoms with Crippen molar-refractivity contribution in [3.63, 3.8) is 0 Å². The van der Waals surface area contributed by atoms with Crippen molar-refractivity contribution in [2.75, 3.05) is 0 Å². The molecule has 0 bridgehead atoms. The van der Waals surface area contributed by atoms with Gasteiger partial charge in [0.15, 0.2) is 0 Å². The Kier molecular flexibility index (Phi) is 2.36. The van der Waals surface area contributed by atoms with E-state index < -0.39 is 0 Å². The van der Waals surface area contributed by atoms with Gasteiger partial charge in [-0.2, -0.15) is 0 Å². The first-order chi connectivity index (χ1) is 4.79. The Morgan fingerprint density at radius 1 is 1.50 bits per heavy atom. The van der Waals surface area contributed by atoms with Crippen molar-refractivity contribution in [2.45, 2.75) is 26.8 Å². The van der Waals surface area contributed by atoms with Gasteiger partial charge < -0.3 is 0 Å². The van der Waals surface area contributed by atoms with Crippen LogP contribution >= 0.6 is 0 Å². The van der Waals surface area contributed by atoms with Gasteiger partial charge in [-0.05, 0) is 22.8 Å². The lowest BCUT2D eigenvalue weighted by molar-refractivity contribution is 0.476. The summed E-state index contributed by atoms with van der Waals surface area (Å²) in [6.07, 6.45) is 3.74. The van der Waals surface area contributed by atoms with Gasteiger partial charge in [-0.25, -0.2) is 4.68 Å². The van der Waals surface area contributed by atoms with Crippen LogP contribution in [0.15, 0.2) is 0 Å². The van der Waals surface area contributed by atoms with Gasteiger partial charge in [0.25, 0.3) is 0 Å². The van der Waals surface area contributed by atoms with E-state index in [0.29, 0.717) is 5.92 Å². The predicted molar refractivity (Wildman–Crippen MR) is 36.1 cm³/mol. The van der Waals surface area contributed by atoms with E-state index in [1.165, 1.54) is 0 Å². The minimum absolute atomic E-state index is 0.692. The molecule has 0 aromatic carbocycles. The van der Waals surface area contributed by atoms with Crippen LogP contribution in [0.1, 0.15) is 20.3 Å². The van der Waals surface area contributed by atoms with Crippen LogP contribution < -0.4 is 0 Å². The van der Waals surface area contributed by atoms with E-state index in [2.05, 4.69) is 35.7 Å². The fourth-order valence-electron chi connectivity index (χ4n) is 0.635. The normalized spacial score (nSPS) is 10.7. The second kappa shape index (κ2) is 3.29. The summed E-state index contributed by atoms with van der Waals surface area (Å²) in [5.41, 5.74) is 0. The van der Waals surface area contributed by atoms with Crippen molar-refractivity contribution in [3.05, 3.63) is 6.33 Å². The van der Waals surface area contributed by atoms with Crippen LogP contribution in [0.3, 0.4) is 0 Å². The van der Waals surface area contributed by atoms with Gasteiger partial charge in [0.05, 0.1) is 0 Å². The van der Waals surface area contributed by atoms with Crippen LogP contribution in [0.25, 0.3) is 0 Å². The van der Waals surface area contributed by atoms with E-state index in [1.54, 1.807) is 4.68 Å². The third-order valence-corrected chi connectivity index (χ3v) is 1.27. The molecule has 4 nitrogen and oxygen atoms in total. The molecular weight excluding hydrogens is 128 g/mol. The van der Waals surface area contributed by atoms with E-state index in [9.17, 15) is 0 Å². The summed E-state index contributed by atoms with van der Waals surface area (Å²) in [5.74, 6) is 0.692. The molecule has 0 spiro atoms. The molecular formula is C6H11N4. The molecule has 1 heterocycles. The molecule has 1 aromatic heterocycles. The lowest BCUT2D eigenvalue weighted by Crippen LogP contribution is -2.02. The minimum Gasteiger partial charge on any atom is -0.223 e. The van der Waals surface area contributed by atoms with Gasteiger partial charge in [-0.3, -0.25) is 0 Å². The van der Waals surface area contributed by atoms with Crippen LogP contribution in [0.5, 0.6) is 0 Å². The molecule has 4 heteroatoms. The highest BCUT2D eigenvalue weighted by atomic mass is 15.5. The summed E-state index contributed by atoms with van der Waals surface area (Å²) in [5, 5.41) is 10.6. The van der Waals surface area contributed by atoms with Crippen LogP contribution in [-0.2, 0) is 6.54 Å². The summed E-state index contributed by atoms with van der Waals surface area (Å²) in [7, 11) is 0. The van der Waals surface area contributed by atoms with Gasteiger partial charge in [-0.15, -0.1) is 5.10 Å². The largest absolute Gasteiger partial charge is 0.223 e. The number of aromatic nitrogens is 4. The van der Waals surface area contributed by atoms with E-state index in [-0.39, 0.29) is 0 Å². The van der Waals surface area contributed by atoms with Crippen molar-refractivity contribution < 1.29 is 0 Å². The van der Waals surface area contributed by atoms with Crippen molar-refractivity contribution in [1.82, 2.24) is 20.2 Å². The molecule has 1 radical (unpaired) electrons. The van der Waals surface area contributed by atoms with Crippen molar-refractivity contribution in [1.29, 1.82) is 0 Å². The van der Waals surface area contributed by atoms with Crippen LogP contribution in [-0.4, -0.2) is 20.2 Å². The highest BCUT2D eigenvalue weighted by molar-refractivity contribution is 4.47. The molecule has 1 rings (SSSR count). The molecule has 0 aliphatic rings. The Morgan fingerprint density at radius 3 is 2.80 bits per heavy atom. The standard InChI is InChI=1S/C6H11N4/c1-6(2)3-4-10-5-7-8-9-10/h6H,3-4H2,1-2H3. The number of rotatable bonds is 3. The predicted octanol–water partition coefficient (Wildman–Crippen LogP) is 0.519. The number of hydrogen-bond donors (Lipinski definition) is 0. The fourth-order valence-corrected chi connectivity index (χ4v) is 0.635. The van der Waals surface area contributed by atoms with Gasteiger partial charge in [0, 0.05) is 6.54 Å². The molecule has 0 N–H and O–H groups in total. The highest BCUT2D eigenvalue weighted by Gasteiger charge is 1.95. The average molecular weight is 139 g/mol. The Labute approximate surface area is 60.2 Å². The fraction of sp³-hybridized carbons (Fsp3) is 0.833. The zero-order valence-electron chi connectivity index (χ0n) is 6.28. The third kappa shape index (κ3) is 2.13. The zero-order valence-corrected chi connectivity index (χ0v) is 6.28. The highest BCUT2D eigenvalue weighted by Crippen LogP contribution is 1.99. The molecule has 0 fully saturated rings.